The molecule has 6 nitrogen and oxygen atoms in total. The normalized spacial score (nSPS) is 15.8. The van der Waals surface area contributed by atoms with Crippen molar-refractivity contribution in [3.05, 3.63) is 121 Å². The fourth-order valence-electron chi connectivity index (χ4n) is 5.29. The van der Waals surface area contributed by atoms with E-state index in [1.54, 1.807) is 48.5 Å². The summed E-state index contributed by atoms with van der Waals surface area (Å²) < 4.78 is 59.4. The maximum Gasteiger partial charge on any atom is 0.265 e. The molecule has 8 heteroatoms. The summed E-state index contributed by atoms with van der Waals surface area (Å²) in [7, 11) is -8.12. The van der Waals surface area contributed by atoms with Gasteiger partial charge >= 0.3 is 0 Å². The number of aryl methyl sites for hydroxylation is 2. The van der Waals surface area contributed by atoms with E-state index < -0.39 is 26.1 Å². The fraction of sp³-hybridized carbons (Fsp3) is 0.125. The Bertz CT molecular complexity index is 2040. The van der Waals surface area contributed by atoms with Crippen LogP contribution in [0.25, 0.3) is 21.5 Å². The number of anilines is 2. The topological polar surface area (TPSA) is 74.8 Å². The first kappa shape index (κ1) is 26.1. The Labute approximate surface area is 234 Å². The summed E-state index contributed by atoms with van der Waals surface area (Å²) in [5.74, 6) is 0. The van der Waals surface area contributed by atoms with E-state index >= 15 is 0 Å². The fourth-order valence-corrected chi connectivity index (χ4v) is 8.47. The lowest BCUT2D eigenvalue weighted by atomic mass is 10.0. The average Bonchev–Trinajstić information content (AvgIpc) is 2.96. The van der Waals surface area contributed by atoms with Crippen LogP contribution >= 0.6 is 0 Å². The van der Waals surface area contributed by atoms with Crippen LogP contribution in [-0.2, 0) is 20.0 Å². The van der Waals surface area contributed by atoms with E-state index in [1.165, 1.54) is 14.7 Å². The second-order valence-electron chi connectivity index (χ2n) is 10.1. The third-order valence-corrected chi connectivity index (χ3v) is 11.2. The van der Waals surface area contributed by atoms with Gasteiger partial charge in [0.2, 0.25) is 0 Å². The Kier molecular flexibility index (Phi) is 6.20. The third kappa shape index (κ3) is 4.15. The van der Waals surface area contributed by atoms with Gasteiger partial charge in [-0.3, -0.25) is 8.61 Å². The second-order valence-corrected chi connectivity index (χ2v) is 13.8. The molecule has 0 radical (unpaired) electrons. The van der Waals surface area contributed by atoms with E-state index in [4.69, 9.17) is 0 Å². The van der Waals surface area contributed by atoms with Gasteiger partial charge in [0.05, 0.1) is 33.8 Å². The van der Waals surface area contributed by atoms with Crippen LogP contribution in [0.4, 0.5) is 11.4 Å². The van der Waals surface area contributed by atoms with Gasteiger partial charge in [-0.05, 0) is 82.9 Å². The summed E-state index contributed by atoms with van der Waals surface area (Å²) in [6, 6.07) is 27.9. The number of fused-ring (bicyclic) bond motifs is 3. The van der Waals surface area contributed by atoms with E-state index in [2.05, 4.69) is 6.58 Å². The van der Waals surface area contributed by atoms with Crippen LogP contribution in [0.3, 0.4) is 0 Å². The van der Waals surface area contributed by atoms with Gasteiger partial charge in [-0.1, -0.05) is 66.7 Å². The van der Waals surface area contributed by atoms with Crippen LogP contribution in [0.15, 0.2) is 120 Å². The minimum atomic E-state index is -4.08. The van der Waals surface area contributed by atoms with Crippen LogP contribution in [0.1, 0.15) is 11.1 Å². The van der Waals surface area contributed by atoms with E-state index in [-0.39, 0.29) is 16.3 Å². The van der Waals surface area contributed by atoms with Crippen molar-refractivity contribution in [2.75, 3.05) is 15.2 Å². The van der Waals surface area contributed by atoms with Crippen molar-refractivity contribution in [1.82, 2.24) is 0 Å². The smallest absolute Gasteiger partial charge is 0.262 e. The van der Waals surface area contributed by atoms with Crippen molar-refractivity contribution < 1.29 is 16.8 Å². The summed E-state index contributed by atoms with van der Waals surface area (Å²) in [5, 5.41) is 3.47. The third-order valence-electron chi connectivity index (χ3n) is 7.61. The maximum atomic E-state index is 14.2. The molecule has 40 heavy (non-hydrogen) atoms. The van der Waals surface area contributed by atoms with Crippen molar-refractivity contribution in [3.63, 3.8) is 0 Å². The summed E-state index contributed by atoms with van der Waals surface area (Å²) in [4.78, 5) is 0.275. The van der Waals surface area contributed by atoms with E-state index in [0.717, 1.165) is 32.7 Å². The minimum Gasteiger partial charge on any atom is -0.262 e. The van der Waals surface area contributed by atoms with Crippen LogP contribution in [0.5, 0.6) is 0 Å². The quantitative estimate of drug-likeness (QED) is 0.225. The largest absolute Gasteiger partial charge is 0.265 e. The molecule has 0 bridgehead atoms. The highest BCUT2D eigenvalue weighted by atomic mass is 32.2. The molecular formula is C32H28N2O4S2. The van der Waals surface area contributed by atoms with Gasteiger partial charge in [-0.15, -0.1) is 6.58 Å². The predicted molar refractivity (Wildman–Crippen MR) is 162 cm³/mol. The highest BCUT2D eigenvalue weighted by Gasteiger charge is 2.42. The van der Waals surface area contributed by atoms with E-state index in [1.807, 2.05) is 62.4 Å². The summed E-state index contributed by atoms with van der Waals surface area (Å²) >= 11 is 0. The lowest BCUT2D eigenvalue weighted by Gasteiger charge is -2.42. The van der Waals surface area contributed by atoms with Crippen molar-refractivity contribution in [1.29, 1.82) is 0 Å². The van der Waals surface area contributed by atoms with Crippen molar-refractivity contribution in [2.45, 2.75) is 29.7 Å². The van der Waals surface area contributed by atoms with E-state index in [0.29, 0.717) is 11.4 Å². The molecule has 0 amide bonds. The average molecular weight is 569 g/mol. The van der Waals surface area contributed by atoms with Crippen molar-refractivity contribution in [3.8, 4) is 0 Å². The van der Waals surface area contributed by atoms with Gasteiger partial charge in [0.25, 0.3) is 20.0 Å². The Morgan fingerprint density at radius 3 is 1.65 bits per heavy atom. The summed E-state index contributed by atoms with van der Waals surface area (Å²) in [6.07, 6.45) is 1.50. The first-order valence-corrected chi connectivity index (χ1v) is 15.8. The number of hydrogen-bond donors (Lipinski definition) is 0. The number of nitrogens with zero attached hydrogens (tertiary/aromatic N) is 2. The number of rotatable bonds is 5. The molecule has 0 saturated heterocycles. The molecule has 6 rings (SSSR count). The van der Waals surface area contributed by atoms with Crippen LogP contribution in [0.2, 0.25) is 0 Å². The molecule has 0 aromatic heterocycles. The number of hydrogen-bond acceptors (Lipinski definition) is 4. The van der Waals surface area contributed by atoms with Gasteiger partial charge in [-0.2, -0.15) is 0 Å². The highest BCUT2D eigenvalue weighted by molar-refractivity contribution is 7.93. The molecule has 0 aliphatic carbocycles. The zero-order valence-corrected chi connectivity index (χ0v) is 23.8. The zero-order valence-electron chi connectivity index (χ0n) is 22.2. The molecule has 5 aromatic carbocycles. The number of sulfonamides is 2. The summed E-state index contributed by atoms with van der Waals surface area (Å²) in [6.45, 7) is 7.57. The Morgan fingerprint density at radius 2 is 1.12 bits per heavy atom. The Balaban J connectivity index is 1.53. The molecule has 0 saturated carbocycles. The minimum absolute atomic E-state index is 0.110. The van der Waals surface area contributed by atoms with Gasteiger partial charge in [-0.25, -0.2) is 16.8 Å². The molecule has 0 N–H and O–H groups in total. The standard InChI is InChI=1S/C32H28N2O4S2/c1-4-28-21-33(39(35,36)29-15-13-24-9-5-7-11-26(24)19-29)31-17-22(2)23(3)18-32(31)34(28)40(37,38)30-16-14-25-10-6-8-12-27(25)20-30/h4-20,28H,1,21H2,2-3H3/t28-/m1/s1. The van der Waals surface area contributed by atoms with Crippen LogP contribution in [0, 0.1) is 13.8 Å². The Morgan fingerprint density at radius 1 is 0.650 bits per heavy atom. The molecule has 1 aliphatic heterocycles. The maximum absolute atomic E-state index is 14.2. The number of benzene rings is 5. The molecule has 1 aliphatic rings. The van der Waals surface area contributed by atoms with Gasteiger partial charge in [0.15, 0.2) is 0 Å². The molecule has 5 aromatic rings. The van der Waals surface area contributed by atoms with Gasteiger partial charge < -0.3 is 0 Å². The Hall–Kier alpha value is -4.14. The molecule has 0 unspecified atom stereocenters. The highest BCUT2D eigenvalue weighted by Crippen LogP contribution is 2.43. The van der Waals surface area contributed by atoms with E-state index in [9.17, 15) is 16.8 Å². The van der Waals surface area contributed by atoms with Crippen molar-refractivity contribution in [2.24, 2.45) is 0 Å². The lowest BCUT2D eigenvalue weighted by molar-refractivity contribution is 0.573. The van der Waals surface area contributed by atoms with Crippen LogP contribution < -0.4 is 8.61 Å². The molecule has 1 heterocycles. The second kappa shape index (κ2) is 9.50. The first-order valence-electron chi connectivity index (χ1n) is 12.9. The molecular weight excluding hydrogens is 540 g/mol. The lowest BCUT2D eigenvalue weighted by Crippen LogP contribution is -2.52. The monoisotopic (exact) mass is 568 g/mol. The van der Waals surface area contributed by atoms with Crippen LogP contribution in [-0.4, -0.2) is 29.4 Å². The molecule has 0 fully saturated rings. The SMILES string of the molecule is C=C[C@@H]1CN(S(=O)(=O)c2ccc3ccccc3c2)c2cc(C)c(C)cc2N1S(=O)(=O)c1ccc2ccccc2c1. The molecule has 1 atom stereocenters. The molecule has 0 spiro atoms. The van der Waals surface area contributed by atoms with Gasteiger partial charge in [0.1, 0.15) is 0 Å². The van der Waals surface area contributed by atoms with Gasteiger partial charge in [0, 0.05) is 0 Å². The summed E-state index contributed by atoms with van der Waals surface area (Å²) in [5.41, 5.74) is 2.33. The predicted octanol–water partition coefficient (Wildman–Crippen LogP) is 6.57. The zero-order chi connectivity index (χ0) is 28.2. The molecule has 202 valence electrons. The first-order chi connectivity index (χ1) is 19.1. The van der Waals surface area contributed by atoms with Crippen molar-refractivity contribution >= 4 is 53.0 Å².